The number of rotatable bonds is 10. The summed E-state index contributed by atoms with van der Waals surface area (Å²) in [5.74, 6) is -0.449. The summed E-state index contributed by atoms with van der Waals surface area (Å²) in [6.07, 6.45) is 1.24. The van der Waals surface area contributed by atoms with E-state index in [1.54, 1.807) is 38.1 Å². The number of anilines is 1. The predicted octanol–water partition coefficient (Wildman–Crippen LogP) is 4.04. The SMILES string of the molecule is CCCC(=O)Nc1ccc(CNC(=O)c2ccc(Cl)c(S(=O)(=O)N(CC)CC)c2)cc1. The molecule has 0 aromatic heterocycles. The van der Waals surface area contributed by atoms with Crippen molar-refractivity contribution in [2.24, 2.45) is 0 Å². The highest BCUT2D eigenvalue weighted by atomic mass is 35.5. The number of sulfonamides is 1. The molecular formula is C22H28ClN3O4S. The second kappa shape index (κ2) is 11.3. The van der Waals surface area contributed by atoms with Gasteiger partial charge in [0.2, 0.25) is 15.9 Å². The highest BCUT2D eigenvalue weighted by molar-refractivity contribution is 7.89. The molecule has 2 aromatic carbocycles. The fourth-order valence-corrected chi connectivity index (χ4v) is 4.94. The lowest BCUT2D eigenvalue weighted by Gasteiger charge is -2.19. The molecule has 0 unspecified atom stereocenters. The second-order valence-electron chi connectivity index (χ2n) is 6.91. The van der Waals surface area contributed by atoms with E-state index in [1.807, 2.05) is 6.92 Å². The van der Waals surface area contributed by atoms with Gasteiger partial charge in [-0.25, -0.2) is 8.42 Å². The monoisotopic (exact) mass is 465 g/mol. The van der Waals surface area contributed by atoms with Crippen molar-refractivity contribution >= 4 is 39.1 Å². The molecule has 0 radical (unpaired) electrons. The minimum atomic E-state index is -3.79. The van der Waals surface area contributed by atoms with Crippen molar-refractivity contribution in [2.75, 3.05) is 18.4 Å². The van der Waals surface area contributed by atoms with Crippen LogP contribution in [0.25, 0.3) is 0 Å². The fourth-order valence-electron chi connectivity index (χ4n) is 2.99. The largest absolute Gasteiger partial charge is 0.348 e. The highest BCUT2D eigenvalue weighted by Gasteiger charge is 2.25. The van der Waals surface area contributed by atoms with Crippen molar-refractivity contribution in [1.82, 2.24) is 9.62 Å². The van der Waals surface area contributed by atoms with Crippen LogP contribution in [-0.4, -0.2) is 37.6 Å². The van der Waals surface area contributed by atoms with Crippen LogP contribution in [0, 0.1) is 0 Å². The molecule has 0 bridgehead atoms. The molecule has 9 heteroatoms. The molecule has 0 saturated heterocycles. The maximum atomic E-state index is 12.8. The Morgan fingerprint density at radius 2 is 1.65 bits per heavy atom. The number of carbonyl (C=O) groups excluding carboxylic acids is 2. The van der Waals surface area contributed by atoms with E-state index >= 15 is 0 Å². The van der Waals surface area contributed by atoms with Crippen LogP contribution in [0.1, 0.15) is 49.5 Å². The zero-order valence-corrected chi connectivity index (χ0v) is 19.5. The molecule has 0 fully saturated rings. The van der Waals surface area contributed by atoms with E-state index < -0.39 is 15.9 Å². The quantitative estimate of drug-likeness (QED) is 0.553. The van der Waals surface area contributed by atoms with Crippen molar-refractivity contribution in [3.05, 3.63) is 58.6 Å². The maximum Gasteiger partial charge on any atom is 0.251 e. The Morgan fingerprint density at radius 1 is 1.00 bits per heavy atom. The van der Waals surface area contributed by atoms with E-state index in [9.17, 15) is 18.0 Å². The Balaban J connectivity index is 2.09. The zero-order valence-electron chi connectivity index (χ0n) is 17.9. The Hall–Kier alpha value is -2.42. The van der Waals surface area contributed by atoms with E-state index in [1.165, 1.54) is 22.5 Å². The third-order valence-electron chi connectivity index (χ3n) is 4.68. The van der Waals surface area contributed by atoms with E-state index in [0.717, 1.165) is 12.0 Å². The van der Waals surface area contributed by atoms with Crippen LogP contribution in [0.4, 0.5) is 5.69 Å². The molecule has 31 heavy (non-hydrogen) atoms. The lowest BCUT2D eigenvalue weighted by molar-refractivity contribution is -0.116. The maximum absolute atomic E-state index is 12.8. The first kappa shape index (κ1) is 24.8. The minimum Gasteiger partial charge on any atom is -0.348 e. The van der Waals surface area contributed by atoms with Crippen molar-refractivity contribution in [3.8, 4) is 0 Å². The number of carbonyl (C=O) groups is 2. The molecule has 168 valence electrons. The van der Waals surface area contributed by atoms with Crippen LogP contribution in [0.15, 0.2) is 47.4 Å². The molecule has 7 nitrogen and oxygen atoms in total. The lowest BCUT2D eigenvalue weighted by Crippen LogP contribution is -2.31. The molecule has 2 N–H and O–H groups in total. The molecule has 0 aliphatic rings. The summed E-state index contributed by atoms with van der Waals surface area (Å²) < 4.78 is 26.9. The first-order chi connectivity index (χ1) is 14.7. The van der Waals surface area contributed by atoms with Gasteiger partial charge in [0.15, 0.2) is 0 Å². The number of hydrogen-bond acceptors (Lipinski definition) is 4. The summed E-state index contributed by atoms with van der Waals surface area (Å²) in [7, 11) is -3.79. The van der Waals surface area contributed by atoms with Gasteiger partial charge in [0, 0.05) is 37.3 Å². The van der Waals surface area contributed by atoms with Gasteiger partial charge in [-0.05, 0) is 42.3 Å². The third-order valence-corrected chi connectivity index (χ3v) is 7.22. The normalized spacial score (nSPS) is 11.4. The van der Waals surface area contributed by atoms with Crippen LogP contribution >= 0.6 is 11.6 Å². The van der Waals surface area contributed by atoms with E-state index in [4.69, 9.17) is 11.6 Å². The van der Waals surface area contributed by atoms with Gasteiger partial charge in [0.1, 0.15) is 4.90 Å². The number of halogens is 1. The van der Waals surface area contributed by atoms with Crippen LogP contribution in [-0.2, 0) is 21.4 Å². The molecule has 0 saturated carbocycles. The van der Waals surface area contributed by atoms with Gasteiger partial charge in [-0.2, -0.15) is 4.31 Å². The molecule has 0 aliphatic carbocycles. The van der Waals surface area contributed by atoms with Gasteiger partial charge < -0.3 is 10.6 Å². The summed E-state index contributed by atoms with van der Waals surface area (Å²) in [5.41, 5.74) is 1.74. The van der Waals surface area contributed by atoms with E-state index in [0.29, 0.717) is 25.2 Å². The Kier molecular flexibility index (Phi) is 9.03. The van der Waals surface area contributed by atoms with Gasteiger partial charge in [0.25, 0.3) is 5.91 Å². The number of nitrogens with zero attached hydrogens (tertiary/aromatic N) is 1. The molecule has 0 atom stereocenters. The molecule has 0 spiro atoms. The Bertz CT molecular complexity index is 1020. The molecule has 2 aromatic rings. The van der Waals surface area contributed by atoms with Gasteiger partial charge in [-0.1, -0.05) is 44.5 Å². The zero-order chi connectivity index (χ0) is 23.0. The second-order valence-corrected chi connectivity index (χ2v) is 9.23. The van der Waals surface area contributed by atoms with Crippen molar-refractivity contribution in [2.45, 2.75) is 45.1 Å². The predicted molar refractivity (Wildman–Crippen MR) is 123 cm³/mol. The highest BCUT2D eigenvalue weighted by Crippen LogP contribution is 2.26. The van der Waals surface area contributed by atoms with Gasteiger partial charge in [0.05, 0.1) is 5.02 Å². The number of hydrogen-bond donors (Lipinski definition) is 2. The van der Waals surface area contributed by atoms with Crippen LogP contribution < -0.4 is 10.6 Å². The van der Waals surface area contributed by atoms with Crippen LogP contribution in [0.2, 0.25) is 5.02 Å². The number of benzene rings is 2. The summed E-state index contributed by atoms with van der Waals surface area (Å²) in [4.78, 5) is 24.1. The first-order valence-corrected chi connectivity index (χ1v) is 12.0. The molecule has 0 heterocycles. The average Bonchev–Trinajstić information content (AvgIpc) is 2.74. The molecular weight excluding hydrogens is 438 g/mol. The fraction of sp³-hybridized carbons (Fsp3) is 0.364. The molecule has 0 aliphatic heterocycles. The standard InChI is InChI=1S/C22H28ClN3O4S/c1-4-7-21(27)25-18-11-8-16(9-12-18)15-24-22(28)17-10-13-19(23)20(14-17)31(29,30)26(5-2)6-3/h8-14H,4-7,15H2,1-3H3,(H,24,28)(H,25,27). The smallest absolute Gasteiger partial charge is 0.251 e. The van der Waals surface area contributed by atoms with E-state index in [-0.39, 0.29) is 27.9 Å². The Morgan fingerprint density at radius 3 is 2.23 bits per heavy atom. The Labute approximate surface area is 188 Å². The van der Waals surface area contributed by atoms with Crippen molar-refractivity contribution in [3.63, 3.8) is 0 Å². The first-order valence-electron chi connectivity index (χ1n) is 10.2. The summed E-state index contributed by atoms with van der Waals surface area (Å²) in [5, 5.41) is 5.65. The molecule has 2 rings (SSSR count). The summed E-state index contributed by atoms with van der Waals surface area (Å²) >= 11 is 6.12. The molecule has 2 amide bonds. The average molecular weight is 466 g/mol. The van der Waals surface area contributed by atoms with Crippen molar-refractivity contribution < 1.29 is 18.0 Å². The van der Waals surface area contributed by atoms with E-state index in [2.05, 4.69) is 10.6 Å². The van der Waals surface area contributed by atoms with Crippen molar-refractivity contribution in [1.29, 1.82) is 0 Å². The van der Waals surface area contributed by atoms with Gasteiger partial charge in [-0.3, -0.25) is 9.59 Å². The summed E-state index contributed by atoms with van der Waals surface area (Å²) in [6, 6.07) is 11.4. The number of amides is 2. The lowest BCUT2D eigenvalue weighted by atomic mass is 10.1. The number of nitrogens with one attached hydrogen (secondary N) is 2. The van der Waals surface area contributed by atoms with Crippen LogP contribution in [0.5, 0.6) is 0 Å². The topological polar surface area (TPSA) is 95.6 Å². The van der Waals surface area contributed by atoms with Crippen LogP contribution in [0.3, 0.4) is 0 Å². The van der Waals surface area contributed by atoms with Gasteiger partial charge >= 0.3 is 0 Å². The minimum absolute atomic E-state index is 0.0400. The van der Waals surface area contributed by atoms with Gasteiger partial charge in [-0.15, -0.1) is 0 Å². The third kappa shape index (κ3) is 6.53. The summed E-state index contributed by atoms with van der Waals surface area (Å²) in [6.45, 7) is 6.29.